The van der Waals surface area contributed by atoms with E-state index in [1.807, 2.05) is 0 Å². The molecule has 0 aromatic heterocycles. The number of aromatic hydroxyl groups is 4. The molecule has 0 aliphatic heterocycles. The predicted molar refractivity (Wildman–Crippen MR) is 135 cm³/mol. The first-order valence-electron chi connectivity index (χ1n) is 11.8. The molecule has 0 bridgehead atoms. The van der Waals surface area contributed by atoms with Crippen molar-refractivity contribution in [3.05, 3.63) is 47.5 Å². The second-order valence-corrected chi connectivity index (χ2v) is 8.83. The van der Waals surface area contributed by atoms with Crippen molar-refractivity contribution in [2.24, 2.45) is 5.92 Å². The van der Waals surface area contributed by atoms with E-state index in [-0.39, 0.29) is 48.9 Å². The van der Waals surface area contributed by atoms with Crippen LogP contribution in [0.15, 0.2) is 36.4 Å². The summed E-state index contributed by atoms with van der Waals surface area (Å²) in [5.41, 5.74) is 0.908. The van der Waals surface area contributed by atoms with Gasteiger partial charge in [0.2, 0.25) is 5.91 Å². The highest BCUT2D eigenvalue weighted by Gasteiger charge is 2.25. The third-order valence-electron chi connectivity index (χ3n) is 5.59. The number of nitrogens with one attached hydrogen (secondary N) is 2. The number of ether oxygens (including phenoxy) is 3. The average Bonchev–Trinajstić information content (AvgIpc) is 2.89. The zero-order chi connectivity index (χ0) is 29.1. The van der Waals surface area contributed by atoms with E-state index >= 15 is 0 Å². The van der Waals surface area contributed by atoms with Crippen LogP contribution in [0.2, 0.25) is 0 Å². The SMILES string of the molecule is COC(=O)C(Cc1ccc(O)c(O)c1)NC(=O)CC(C)COC(=O)NC(Cc1ccc(O)c(O)c1)C(=O)OC. The first-order valence-corrected chi connectivity index (χ1v) is 11.8. The summed E-state index contributed by atoms with van der Waals surface area (Å²) < 4.78 is 14.6. The number of carbonyl (C=O) groups excluding carboxylic acids is 4. The van der Waals surface area contributed by atoms with E-state index < -0.39 is 41.9 Å². The Balaban J connectivity index is 1.89. The van der Waals surface area contributed by atoms with Crippen LogP contribution < -0.4 is 10.6 Å². The van der Waals surface area contributed by atoms with Crippen LogP contribution in [0, 0.1) is 5.92 Å². The van der Waals surface area contributed by atoms with Gasteiger partial charge in [-0.05, 0) is 41.3 Å². The number of rotatable bonds is 12. The number of methoxy groups -OCH3 is 2. The second-order valence-electron chi connectivity index (χ2n) is 8.83. The Morgan fingerprint density at radius 2 is 1.21 bits per heavy atom. The Kier molecular flexibility index (Phi) is 11.2. The predicted octanol–water partition coefficient (Wildman–Crippen LogP) is 1.25. The van der Waals surface area contributed by atoms with Crippen molar-refractivity contribution in [3.63, 3.8) is 0 Å². The highest BCUT2D eigenvalue weighted by Crippen LogP contribution is 2.26. The molecule has 2 rings (SSSR count). The number of benzene rings is 2. The van der Waals surface area contributed by atoms with E-state index in [2.05, 4.69) is 10.6 Å². The smallest absolute Gasteiger partial charge is 0.407 e. The lowest BCUT2D eigenvalue weighted by atomic mass is 10.0. The van der Waals surface area contributed by atoms with Crippen LogP contribution in [0.1, 0.15) is 24.5 Å². The summed E-state index contributed by atoms with van der Waals surface area (Å²) in [6, 6.07) is 5.73. The van der Waals surface area contributed by atoms with Crippen molar-refractivity contribution in [1.82, 2.24) is 10.6 Å². The molecule has 0 heterocycles. The van der Waals surface area contributed by atoms with Gasteiger partial charge in [-0.3, -0.25) is 4.79 Å². The van der Waals surface area contributed by atoms with E-state index in [0.717, 1.165) is 14.2 Å². The minimum atomic E-state index is -1.15. The largest absolute Gasteiger partial charge is 0.504 e. The quantitative estimate of drug-likeness (QED) is 0.127. The summed E-state index contributed by atoms with van der Waals surface area (Å²) in [4.78, 5) is 49.1. The molecular formula is C26H32N2O11. The van der Waals surface area contributed by atoms with Gasteiger partial charge in [0.15, 0.2) is 23.0 Å². The van der Waals surface area contributed by atoms with Crippen LogP contribution in [-0.2, 0) is 41.4 Å². The standard InChI is InChI=1S/C26H32N2O11/c1-14(8-23(33)27-17(24(34)37-2)9-15-4-6-19(29)21(31)11-15)13-39-26(36)28-18(25(35)38-3)10-16-5-7-20(30)22(32)12-16/h4-7,11-12,14,17-18,29-32H,8-10,13H2,1-3H3,(H,27,33)(H,28,36). The van der Waals surface area contributed by atoms with Gasteiger partial charge in [0.1, 0.15) is 12.1 Å². The molecular weight excluding hydrogens is 516 g/mol. The first kappa shape index (κ1) is 30.5. The van der Waals surface area contributed by atoms with E-state index in [1.54, 1.807) is 6.92 Å². The molecule has 0 aliphatic rings. The maximum Gasteiger partial charge on any atom is 0.407 e. The van der Waals surface area contributed by atoms with Gasteiger partial charge in [0.05, 0.1) is 20.8 Å². The molecule has 0 fully saturated rings. The van der Waals surface area contributed by atoms with Crippen LogP contribution >= 0.6 is 0 Å². The lowest BCUT2D eigenvalue weighted by Gasteiger charge is -2.19. The highest BCUT2D eigenvalue weighted by atomic mass is 16.6. The van der Waals surface area contributed by atoms with Gasteiger partial charge < -0.3 is 45.3 Å². The zero-order valence-corrected chi connectivity index (χ0v) is 21.7. The number of alkyl carbamates (subject to hydrolysis) is 1. The molecule has 0 saturated carbocycles. The lowest BCUT2D eigenvalue weighted by molar-refractivity contribution is -0.145. The molecule has 2 amide bonds. The van der Waals surface area contributed by atoms with Gasteiger partial charge >= 0.3 is 18.0 Å². The van der Waals surface area contributed by atoms with Crippen molar-refractivity contribution in [2.45, 2.75) is 38.3 Å². The summed E-state index contributed by atoms with van der Waals surface area (Å²) in [5.74, 6) is -3.90. The number of phenolic OH excluding ortho intramolecular Hbond substituents is 4. The monoisotopic (exact) mass is 548 g/mol. The number of carbonyl (C=O) groups is 4. The third kappa shape index (κ3) is 9.61. The summed E-state index contributed by atoms with van der Waals surface area (Å²) in [7, 11) is 2.31. The zero-order valence-electron chi connectivity index (χ0n) is 21.7. The fraction of sp³-hybridized carbons (Fsp3) is 0.385. The van der Waals surface area contributed by atoms with E-state index in [4.69, 9.17) is 14.2 Å². The van der Waals surface area contributed by atoms with Gasteiger partial charge in [-0.1, -0.05) is 19.1 Å². The van der Waals surface area contributed by atoms with Crippen molar-refractivity contribution in [3.8, 4) is 23.0 Å². The van der Waals surface area contributed by atoms with Crippen LogP contribution in [0.3, 0.4) is 0 Å². The molecule has 3 atom stereocenters. The van der Waals surface area contributed by atoms with Gasteiger partial charge in [0.25, 0.3) is 0 Å². The van der Waals surface area contributed by atoms with E-state index in [1.165, 1.54) is 36.4 Å². The normalized spacial score (nSPS) is 12.9. The molecule has 2 aromatic carbocycles. The molecule has 13 nitrogen and oxygen atoms in total. The van der Waals surface area contributed by atoms with Gasteiger partial charge in [0, 0.05) is 19.3 Å². The van der Waals surface area contributed by atoms with Crippen molar-refractivity contribution < 1.29 is 53.8 Å². The molecule has 3 unspecified atom stereocenters. The van der Waals surface area contributed by atoms with Crippen molar-refractivity contribution >= 4 is 23.9 Å². The fourth-order valence-corrected chi connectivity index (χ4v) is 3.57. The number of phenols is 4. The van der Waals surface area contributed by atoms with E-state index in [0.29, 0.717) is 11.1 Å². The van der Waals surface area contributed by atoms with Crippen LogP contribution in [-0.4, -0.2) is 77.3 Å². The second kappa shape index (κ2) is 14.3. The fourth-order valence-electron chi connectivity index (χ4n) is 3.57. The minimum absolute atomic E-state index is 0.00668. The first-order chi connectivity index (χ1) is 18.4. The topological polar surface area (TPSA) is 201 Å². The number of amides is 2. The molecule has 0 spiro atoms. The summed E-state index contributed by atoms with van der Waals surface area (Å²) in [6.45, 7) is 1.44. The average molecular weight is 549 g/mol. The Morgan fingerprint density at radius 3 is 1.64 bits per heavy atom. The van der Waals surface area contributed by atoms with Crippen molar-refractivity contribution in [1.29, 1.82) is 0 Å². The summed E-state index contributed by atoms with van der Waals surface area (Å²) in [5, 5.41) is 43.1. The van der Waals surface area contributed by atoms with Crippen molar-refractivity contribution in [2.75, 3.05) is 20.8 Å². The molecule has 0 aliphatic carbocycles. The van der Waals surface area contributed by atoms with Crippen LogP contribution in [0.4, 0.5) is 4.79 Å². The molecule has 39 heavy (non-hydrogen) atoms. The van der Waals surface area contributed by atoms with Gasteiger partial charge in [-0.2, -0.15) is 0 Å². The van der Waals surface area contributed by atoms with Gasteiger partial charge in [-0.15, -0.1) is 0 Å². The number of hydrogen-bond acceptors (Lipinski definition) is 11. The molecule has 13 heteroatoms. The number of esters is 2. The Labute approximate surface area is 224 Å². The molecule has 0 radical (unpaired) electrons. The minimum Gasteiger partial charge on any atom is -0.504 e. The van der Waals surface area contributed by atoms with E-state index in [9.17, 15) is 39.6 Å². The lowest BCUT2D eigenvalue weighted by Crippen LogP contribution is -2.44. The molecule has 2 aromatic rings. The molecule has 0 saturated heterocycles. The van der Waals surface area contributed by atoms with Gasteiger partial charge in [-0.25, -0.2) is 14.4 Å². The molecule has 6 N–H and O–H groups in total. The number of hydrogen-bond donors (Lipinski definition) is 6. The Bertz CT molecular complexity index is 1180. The summed E-state index contributed by atoms with van der Waals surface area (Å²) >= 11 is 0. The highest BCUT2D eigenvalue weighted by molar-refractivity contribution is 5.85. The Hall–Kier alpha value is -4.68. The Morgan fingerprint density at radius 1 is 0.744 bits per heavy atom. The maximum absolute atomic E-state index is 12.5. The molecule has 212 valence electrons. The van der Waals surface area contributed by atoms with Crippen LogP contribution in [0.25, 0.3) is 0 Å². The van der Waals surface area contributed by atoms with Crippen LogP contribution in [0.5, 0.6) is 23.0 Å². The maximum atomic E-state index is 12.5. The summed E-state index contributed by atoms with van der Waals surface area (Å²) in [6.07, 6.45) is -1.12. The third-order valence-corrected chi connectivity index (χ3v) is 5.59.